The fraction of sp³-hybridized carbons (Fsp3) is 0.294. The number of rotatable bonds is 7. The van der Waals surface area contributed by atoms with Gasteiger partial charge in [0.1, 0.15) is 22.9 Å². The Balaban J connectivity index is 2.28. The van der Waals surface area contributed by atoms with Crippen molar-refractivity contribution >= 4 is 11.4 Å². The van der Waals surface area contributed by atoms with Crippen LogP contribution in [-0.4, -0.2) is 23.2 Å². The van der Waals surface area contributed by atoms with Gasteiger partial charge in [0.2, 0.25) is 0 Å². The number of nitro benzene ring substituents is 1. The lowest BCUT2D eigenvalue weighted by Gasteiger charge is -2.25. The second-order valence-corrected chi connectivity index (χ2v) is 5.59. The molecule has 0 fully saturated rings. The van der Waals surface area contributed by atoms with Gasteiger partial charge >= 0.3 is 5.69 Å². The monoisotopic (exact) mass is 352 g/mol. The van der Waals surface area contributed by atoms with E-state index in [1.165, 1.54) is 19.1 Å². The summed E-state index contributed by atoms with van der Waals surface area (Å²) >= 11 is 0. The number of hydrogen-bond donors (Lipinski definition) is 2. The summed E-state index contributed by atoms with van der Waals surface area (Å²) in [5.41, 5.74) is -1.99. The van der Waals surface area contributed by atoms with Gasteiger partial charge < -0.3 is 15.2 Å². The van der Waals surface area contributed by atoms with Crippen LogP contribution >= 0.6 is 0 Å². The molecule has 0 aromatic heterocycles. The van der Waals surface area contributed by atoms with Gasteiger partial charge in [-0.15, -0.1) is 0 Å². The maximum atomic E-state index is 13.9. The molecule has 2 N–H and O–H groups in total. The van der Waals surface area contributed by atoms with Crippen molar-refractivity contribution in [1.82, 2.24) is 0 Å². The van der Waals surface area contributed by atoms with Crippen LogP contribution in [0.2, 0.25) is 0 Å². The van der Waals surface area contributed by atoms with E-state index >= 15 is 0 Å². The summed E-state index contributed by atoms with van der Waals surface area (Å²) in [6.45, 7) is 3.05. The summed E-state index contributed by atoms with van der Waals surface area (Å²) in [5, 5.41) is 24.6. The third kappa shape index (κ3) is 4.21. The Hall–Kier alpha value is -2.74. The maximum absolute atomic E-state index is 13.9. The zero-order valence-corrected chi connectivity index (χ0v) is 13.8. The van der Waals surface area contributed by atoms with Crippen LogP contribution in [0.25, 0.3) is 0 Å². The molecule has 0 spiro atoms. The fourth-order valence-corrected chi connectivity index (χ4v) is 2.41. The minimum atomic E-state index is -1.72. The Labute approximate surface area is 143 Å². The Kier molecular flexibility index (Phi) is 5.53. The SMILES string of the molecule is CCOc1cccc(NCC(C)(O)c2ccc(F)cc2F)c1[N+](=O)[O-]. The van der Waals surface area contributed by atoms with Crippen molar-refractivity contribution in [2.24, 2.45) is 0 Å². The van der Waals surface area contributed by atoms with Crippen molar-refractivity contribution in [1.29, 1.82) is 0 Å². The summed E-state index contributed by atoms with van der Waals surface area (Å²) in [6.07, 6.45) is 0. The van der Waals surface area contributed by atoms with Crippen LogP contribution in [0.4, 0.5) is 20.2 Å². The number of hydrogen-bond acceptors (Lipinski definition) is 5. The summed E-state index contributed by atoms with van der Waals surface area (Å²) in [6, 6.07) is 7.32. The highest BCUT2D eigenvalue weighted by molar-refractivity contribution is 5.68. The van der Waals surface area contributed by atoms with Crippen molar-refractivity contribution in [3.63, 3.8) is 0 Å². The van der Waals surface area contributed by atoms with Gasteiger partial charge in [-0.05, 0) is 32.0 Å². The first kappa shape index (κ1) is 18.6. The topological polar surface area (TPSA) is 84.6 Å². The molecule has 0 aliphatic heterocycles. The second-order valence-electron chi connectivity index (χ2n) is 5.59. The Morgan fingerprint density at radius 2 is 2.04 bits per heavy atom. The van der Waals surface area contributed by atoms with Gasteiger partial charge in [-0.2, -0.15) is 0 Å². The van der Waals surface area contributed by atoms with Gasteiger partial charge in [-0.3, -0.25) is 10.1 Å². The Morgan fingerprint density at radius 1 is 1.32 bits per heavy atom. The first-order valence-electron chi connectivity index (χ1n) is 7.58. The molecule has 1 atom stereocenters. The standard InChI is InChI=1S/C17H18F2N2O4/c1-3-25-15-6-4-5-14(16(15)21(23)24)20-10-17(2,22)12-8-7-11(18)9-13(12)19/h4-9,20,22H,3,10H2,1-2H3. The number of para-hydroxylation sites is 1. The quantitative estimate of drug-likeness (QED) is 0.588. The third-order valence-electron chi connectivity index (χ3n) is 3.62. The lowest BCUT2D eigenvalue weighted by molar-refractivity contribution is -0.384. The van der Waals surface area contributed by atoms with E-state index in [-0.39, 0.29) is 35.8 Å². The smallest absolute Gasteiger partial charge is 0.333 e. The molecule has 134 valence electrons. The second kappa shape index (κ2) is 7.43. The predicted octanol–water partition coefficient (Wildman–Crippen LogP) is 3.59. The van der Waals surface area contributed by atoms with E-state index in [0.29, 0.717) is 6.07 Å². The first-order valence-corrected chi connectivity index (χ1v) is 7.58. The van der Waals surface area contributed by atoms with E-state index in [1.807, 2.05) is 0 Å². The molecule has 0 saturated heterocycles. The molecule has 0 saturated carbocycles. The number of nitrogens with one attached hydrogen (secondary N) is 1. The van der Waals surface area contributed by atoms with Crippen molar-refractivity contribution < 1.29 is 23.5 Å². The van der Waals surface area contributed by atoms with Gasteiger partial charge in [0.25, 0.3) is 0 Å². The predicted molar refractivity (Wildman–Crippen MR) is 88.7 cm³/mol. The average molecular weight is 352 g/mol. The third-order valence-corrected chi connectivity index (χ3v) is 3.62. The molecule has 8 heteroatoms. The van der Waals surface area contributed by atoms with E-state index in [0.717, 1.165) is 12.1 Å². The van der Waals surface area contributed by atoms with E-state index in [2.05, 4.69) is 5.32 Å². The molecule has 0 amide bonds. The number of benzene rings is 2. The summed E-state index contributed by atoms with van der Waals surface area (Å²) in [5.74, 6) is -1.57. The van der Waals surface area contributed by atoms with Gasteiger partial charge in [-0.1, -0.05) is 12.1 Å². The number of aliphatic hydroxyl groups is 1. The maximum Gasteiger partial charge on any atom is 0.333 e. The van der Waals surface area contributed by atoms with E-state index in [1.54, 1.807) is 13.0 Å². The molecule has 0 heterocycles. The zero-order valence-electron chi connectivity index (χ0n) is 13.8. The highest BCUT2D eigenvalue weighted by Gasteiger charge is 2.29. The molecule has 1 unspecified atom stereocenters. The van der Waals surface area contributed by atoms with Gasteiger partial charge in [0, 0.05) is 18.2 Å². The summed E-state index contributed by atoms with van der Waals surface area (Å²) < 4.78 is 32.1. The lowest BCUT2D eigenvalue weighted by atomic mass is 9.95. The molecule has 0 bridgehead atoms. The molecule has 0 radical (unpaired) electrons. The van der Waals surface area contributed by atoms with Crippen molar-refractivity contribution in [3.05, 3.63) is 63.7 Å². The Morgan fingerprint density at radius 3 is 2.64 bits per heavy atom. The molecule has 0 aliphatic carbocycles. The molecule has 2 aromatic rings. The molecular formula is C17H18F2N2O4. The largest absolute Gasteiger partial charge is 0.487 e. The normalized spacial score (nSPS) is 13.2. The number of nitrogens with zero attached hydrogens (tertiary/aromatic N) is 1. The van der Waals surface area contributed by atoms with Crippen LogP contribution in [-0.2, 0) is 5.60 Å². The Bertz CT molecular complexity index is 781. The summed E-state index contributed by atoms with van der Waals surface area (Å²) in [4.78, 5) is 10.7. The van der Waals surface area contributed by atoms with E-state index in [9.17, 15) is 24.0 Å². The molecular weight excluding hydrogens is 334 g/mol. The van der Waals surface area contributed by atoms with Crippen LogP contribution in [0.15, 0.2) is 36.4 Å². The minimum Gasteiger partial charge on any atom is -0.487 e. The molecule has 2 rings (SSSR count). The zero-order chi connectivity index (χ0) is 18.6. The fourth-order valence-electron chi connectivity index (χ4n) is 2.41. The van der Waals surface area contributed by atoms with Crippen LogP contribution in [0.1, 0.15) is 19.4 Å². The number of halogens is 2. The highest BCUT2D eigenvalue weighted by atomic mass is 19.1. The van der Waals surface area contributed by atoms with E-state index in [4.69, 9.17) is 4.74 Å². The lowest BCUT2D eigenvalue weighted by Crippen LogP contribution is -2.32. The number of nitro groups is 1. The molecule has 25 heavy (non-hydrogen) atoms. The van der Waals surface area contributed by atoms with E-state index < -0.39 is 22.2 Å². The van der Waals surface area contributed by atoms with Crippen LogP contribution < -0.4 is 10.1 Å². The average Bonchev–Trinajstić information content (AvgIpc) is 2.52. The van der Waals surface area contributed by atoms with Crippen LogP contribution in [0.3, 0.4) is 0 Å². The molecule has 0 aliphatic rings. The van der Waals surface area contributed by atoms with Crippen molar-refractivity contribution in [3.8, 4) is 5.75 Å². The molecule has 6 nitrogen and oxygen atoms in total. The van der Waals surface area contributed by atoms with Gasteiger partial charge in [0.05, 0.1) is 11.5 Å². The molecule has 2 aromatic carbocycles. The van der Waals surface area contributed by atoms with Gasteiger partial charge in [0.15, 0.2) is 5.75 Å². The van der Waals surface area contributed by atoms with Crippen molar-refractivity contribution in [2.45, 2.75) is 19.4 Å². The van der Waals surface area contributed by atoms with Gasteiger partial charge in [-0.25, -0.2) is 8.78 Å². The van der Waals surface area contributed by atoms with Crippen molar-refractivity contribution in [2.75, 3.05) is 18.5 Å². The van der Waals surface area contributed by atoms with Crippen LogP contribution in [0.5, 0.6) is 5.75 Å². The number of ether oxygens (including phenoxy) is 1. The minimum absolute atomic E-state index is 0.0881. The first-order chi connectivity index (χ1) is 11.8. The number of anilines is 1. The highest BCUT2D eigenvalue weighted by Crippen LogP contribution is 2.35. The van der Waals surface area contributed by atoms with Crippen LogP contribution in [0, 0.1) is 21.7 Å². The summed E-state index contributed by atoms with van der Waals surface area (Å²) in [7, 11) is 0.